The lowest BCUT2D eigenvalue weighted by Crippen LogP contribution is -1.94. The normalized spacial score (nSPS) is 12.1. The van der Waals surface area contributed by atoms with Gasteiger partial charge >= 0.3 is 8.60 Å². The zero-order chi connectivity index (χ0) is 13.8. The van der Waals surface area contributed by atoms with Crippen LogP contribution in [0.25, 0.3) is 10.8 Å². The number of hydrogen-bond donors (Lipinski definition) is 1. The second-order valence-electron chi connectivity index (χ2n) is 4.21. The highest BCUT2D eigenvalue weighted by Gasteiger charge is 2.12. The van der Waals surface area contributed by atoms with Gasteiger partial charge in [-0.3, -0.25) is 0 Å². The van der Waals surface area contributed by atoms with Crippen molar-refractivity contribution in [1.29, 1.82) is 0 Å². The topological polar surface area (TPSA) is 38.7 Å². The van der Waals surface area contributed by atoms with E-state index in [2.05, 4.69) is 0 Å². The van der Waals surface area contributed by atoms with E-state index in [9.17, 15) is 4.89 Å². The monoisotopic (exact) mass is 284 g/mol. The van der Waals surface area contributed by atoms with Gasteiger partial charge in [0.05, 0.1) is 0 Å². The van der Waals surface area contributed by atoms with Gasteiger partial charge in [-0.15, -0.1) is 0 Å². The van der Waals surface area contributed by atoms with Crippen molar-refractivity contribution >= 4 is 19.4 Å². The zero-order valence-electron chi connectivity index (χ0n) is 10.6. The van der Waals surface area contributed by atoms with Crippen LogP contribution in [0.5, 0.6) is 11.5 Å². The van der Waals surface area contributed by atoms with Crippen molar-refractivity contribution in [2.24, 2.45) is 0 Å². The summed E-state index contributed by atoms with van der Waals surface area (Å²) in [4.78, 5) is 9.94. The Balaban J connectivity index is 1.79. The molecule has 3 aromatic rings. The van der Waals surface area contributed by atoms with Gasteiger partial charge in [0.1, 0.15) is 11.5 Å². The summed E-state index contributed by atoms with van der Waals surface area (Å²) in [5, 5.41) is 2.02. The van der Waals surface area contributed by atoms with Gasteiger partial charge in [-0.05, 0) is 23.6 Å². The van der Waals surface area contributed by atoms with Crippen LogP contribution in [-0.4, -0.2) is 4.89 Å². The molecule has 1 atom stereocenters. The second kappa shape index (κ2) is 5.91. The van der Waals surface area contributed by atoms with Gasteiger partial charge in [0.15, 0.2) is 0 Å². The van der Waals surface area contributed by atoms with E-state index < -0.39 is 8.60 Å². The average Bonchev–Trinajstić information content (AvgIpc) is 2.48. The molecule has 3 rings (SSSR count). The first kappa shape index (κ1) is 12.9. The summed E-state index contributed by atoms with van der Waals surface area (Å²) >= 11 is 0. The minimum absolute atomic E-state index is 0.585. The quantitative estimate of drug-likeness (QED) is 0.716. The summed E-state index contributed by atoms with van der Waals surface area (Å²) < 4.78 is 10.9. The van der Waals surface area contributed by atoms with Crippen LogP contribution >= 0.6 is 8.60 Å². The molecule has 0 spiro atoms. The summed E-state index contributed by atoms with van der Waals surface area (Å²) in [6, 6.07) is 22.7. The average molecular weight is 284 g/mol. The van der Waals surface area contributed by atoms with Crippen LogP contribution in [0.4, 0.5) is 0 Å². The number of rotatable bonds is 4. The largest absolute Gasteiger partial charge is 0.460 e. The number of hydrogen-bond acceptors (Lipinski definition) is 3. The molecular formula is C16H13O3P. The first-order chi connectivity index (χ1) is 9.83. The Morgan fingerprint density at radius 1 is 0.700 bits per heavy atom. The smallest absolute Gasteiger partial charge is 0.418 e. The SMILES string of the molecule is OP(Oc1ccccc1)Oc1cccc2ccccc12. The molecule has 3 nitrogen and oxygen atoms in total. The van der Waals surface area contributed by atoms with Crippen molar-refractivity contribution in [3.8, 4) is 11.5 Å². The van der Waals surface area contributed by atoms with Gasteiger partial charge < -0.3 is 13.9 Å². The molecule has 0 radical (unpaired) electrons. The lowest BCUT2D eigenvalue weighted by atomic mass is 10.1. The molecule has 4 heteroatoms. The van der Waals surface area contributed by atoms with Crippen molar-refractivity contribution < 1.29 is 13.9 Å². The number of fused-ring (bicyclic) bond motifs is 1. The molecule has 0 aliphatic carbocycles. The molecule has 0 amide bonds. The zero-order valence-corrected chi connectivity index (χ0v) is 11.5. The van der Waals surface area contributed by atoms with Crippen LogP contribution in [-0.2, 0) is 0 Å². The molecule has 0 aromatic heterocycles. The minimum Gasteiger partial charge on any atom is -0.418 e. The number of para-hydroxylation sites is 1. The van der Waals surface area contributed by atoms with E-state index >= 15 is 0 Å². The van der Waals surface area contributed by atoms with E-state index in [0.717, 1.165) is 10.8 Å². The predicted molar refractivity (Wildman–Crippen MR) is 80.8 cm³/mol. The maximum atomic E-state index is 9.94. The fourth-order valence-electron chi connectivity index (χ4n) is 1.95. The van der Waals surface area contributed by atoms with Crippen LogP contribution in [0.2, 0.25) is 0 Å². The van der Waals surface area contributed by atoms with Crippen LogP contribution in [0.1, 0.15) is 0 Å². The third kappa shape index (κ3) is 2.90. The molecule has 1 unspecified atom stereocenters. The van der Waals surface area contributed by atoms with Crippen molar-refractivity contribution in [1.82, 2.24) is 0 Å². The fourth-order valence-corrected chi connectivity index (χ4v) is 2.62. The maximum absolute atomic E-state index is 9.94. The van der Waals surface area contributed by atoms with Crippen LogP contribution in [0, 0.1) is 0 Å². The van der Waals surface area contributed by atoms with Crippen molar-refractivity contribution in [2.75, 3.05) is 0 Å². The van der Waals surface area contributed by atoms with Gasteiger partial charge in [-0.1, -0.05) is 54.6 Å². The summed E-state index contributed by atoms with van der Waals surface area (Å²) in [6.45, 7) is 0. The molecule has 20 heavy (non-hydrogen) atoms. The summed E-state index contributed by atoms with van der Waals surface area (Å²) in [6.07, 6.45) is 0. The molecule has 0 aliphatic heterocycles. The molecule has 0 fully saturated rings. The summed E-state index contributed by atoms with van der Waals surface area (Å²) in [5.41, 5.74) is 0. The highest BCUT2D eigenvalue weighted by atomic mass is 31.2. The standard InChI is InChI=1S/C16H13O3P/c17-20(18-14-9-2-1-3-10-14)19-16-12-6-8-13-7-4-5-11-15(13)16/h1-12,17H. The van der Waals surface area contributed by atoms with E-state index in [-0.39, 0.29) is 0 Å². The lowest BCUT2D eigenvalue weighted by Gasteiger charge is -2.13. The van der Waals surface area contributed by atoms with Crippen LogP contribution in [0.15, 0.2) is 72.8 Å². The first-order valence-corrected chi connectivity index (χ1v) is 7.34. The van der Waals surface area contributed by atoms with E-state index in [1.807, 2.05) is 60.7 Å². The van der Waals surface area contributed by atoms with Crippen molar-refractivity contribution in [3.63, 3.8) is 0 Å². The Bertz CT molecular complexity index is 695. The third-order valence-corrected chi connectivity index (χ3v) is 3.57. The molecule has 100 valence electrons. The van der Waals surface area contributed by atoms with E-state index in [1.165, 1.54) is 0 Å². The van der Waals surface area contributed by atoms with Crippen LogP contribution < -0.4 is 9.05 Å². The van der Waals surface area contributed by atoms with Gasteiger partial charge in [0.2, 0.25) is 0 Å². The molecule has 1 N–H and O–H groups in total. The fraction of sp³-hybridized carbons (Fsp3) is 0. The molecule has 0 saturated carbocycles. The van der Waals surface area contributed by atoms with E-state index in [4.69, 9.17) is 9.05 Å². The molecule has 0 heterocycles. The maximum Gasteiger partial charge on any atom is 0.460 e. The third-order valence-electron chi connectivity index (χ3n) is 2.85. The summed E-state index contributed by atoms with van der Waals surface area (Å²) in [5.74, 6) is 1.20. The molecule has 0 saturated heterocycles. The Kier molecular flexibility index (Phi) is 3.82. The minimum atomic E-state index is -2.01. The van der Waals surface area contributed by atoms with E-state index in [0.29, 0.717) is 11.5 Å². The Hall–Kier alpha value is -2.09. The van der Waals surface area contributed by atoms with Gasteiger partial charge in [-0.25, -0.2) is 0 Å². The summed E-state index contributed by atoms with van der Waals surface area (Å²) in [7, 11) is -2.01. The van der Waals surface area contributed by atoms with Crippen molar-refractivity contribution in [2.45, 2.75) is 0 Å². The van der Waals surface area contributed by atoms with E-state index in [1.54, 1.807) is 12.1 Å². The van der Waals surface area contributed by atoms with Crippen molar-refractivity contribution in [3.05, 3.63) is 72.8 Å². The Morgan fingerprint density at radius 2 is 1.40 bits per heavy atom. The highest BCUT2D eigenvalue weighted by molar-refractivity contribution is 7.41. The first-order valence-electron chi connectivity index (χ1n) is 6.21. The highest BCUT2D eigenvalue weighted by Crippen LogP contribution is 2.39. The predicted octanol–water partition coefficient (Wildman–Crippen LogP) is 4.52. The molecule has 0 bridgehead atoms. The van der Waals surface area contributed by atoms with Gasteiger partial charge in [0.25, 0.3) is 0 Å². The lowest BCUT2D eigenvalue weighted by molar-refractivity contribution is 0.383. The Morgan fingerprint density at radius 3 is 2.25 bits per heavy atom. The van der Waals surface area contributed by atoms with Crippen LogP contribution in [0.3, 0.4) is 0 Å². The molecule has 0 aliphatic rings. The molecular weight excluding hydrogens is 271 g/mol. The van der Waals surface area contributed by atoms with Gasteiger partial charge in [-0.2, -0.15) is 0 Å². The Labute approximate surface area is 118 Å². The molecule has 3 aromatic carbocycles. The second-order valence-corrected chi connectivity index (χ2v) is 5.05. The number of benzene rings is 3. The van der Waals surface area contributed by atoms with Gasteiger partial charge in [0, 0.05) is 5.39 Å².